The summed E-state index contributed by atoms with van der Waals surface area (Å²) in [5, 5.41) is 18.3. The van der Waals surface area contributed by atoms with Gasteiger partial charge >= 0.3 is 0 Å². The zero-order valence-electron chi connectivity index (χ0n) is 17.8. The van der Waals surface area contributed by atoms with Crippen molar-refractivity contribution in [1.82, 2.24) is 24.8 Å². The largest absolute Gasteiger partial charge is 0.327 e. The minimum absolute atomic E-state index is 0.161. The normalized spacial score (nSPS) is 18.1. The number of hydrogen-bond acceptors (Lipinski definition) is 6. The number of benzene rings is 1. The van der Waals surface area contributed by atoms with Crippen molar-refractivity contribution in [2.75, 3.05) is 22.1 Å². The lowest BCUT2D eigenvalue weighted by molar-refractivity contribution is -0.117. The molecule has 3 aromatic heterocycles. The van der Waals surface area contributed by atoms with Crippen LogP contribution in [0.25, 0.3) is 5.52 Å². The second-order valence-corrected chi connectivity index (χ2v) is 8.55. The first kappa shape index (κ1) is 19.7. The predicted octanol–water partition coefficient (Wildman–Crippen LogP) is 3.82. The Labute approximate surface area is 189 Å². The third-order valence-corrected chi connectivity index (χ3v) is 6.17. The summed E-state index contributed by atoms with van der Waals surface area (Å²) in [5.74, 6) is 1.87. The number of aromatic amines is 1. The Kier molecular flexibility index (Phi) is 4.70. The fourth-order valence-electron chi connectivity index (χ4n) is 4.30. The van der Waals surface area contributed by atoms with Crippen molar-refractivity contribution in [3.8, 4) is 0 Å². The summed E-state index contributed by atoms with van der Waals surface area (Å²) < 4.78 is 15.0. The second kappa shape index (κ2) is 7.88. The molecule has 3 N–H and O–H groups in total. The standard InChI is InChI=1S/C23H23FN8O/c24-15-7-9-16(10-8-15)25-22(33)19-4-1-11-31(19)23-27-21(18-3-2-12-32(18)30-23)26-20-13-17(28-29-20)14-5-6-14/h2-3,7-10,12-14,19H,1,4-6,11H2,(H,25,33)(H2,26,27,28,29,30)/t19-/m0/s1. The average Bonchev–Trinajstić information content (AvgIpc) is 3.20. The molecular formula is C23H23FN8O. The Bertz CT molecular complexity index is 1310. The molecule has 0 unspecified atom stereocenters. The molecule has 1 saturated carbocycles. The Hall–Kier alpha value is -3.95. The maximum Gasteiger partial charge on any atom is 0.247 e. The number of H-pyrrole nitrogens is 1. The van der Waals surface area contributed by atoms with Gasteiger partial charge in [0.1, 0.15) is 17.4 Å². The number of amides is 1. The van der Waals surface area contributed by atoms with Crippen LogP contribution in [-0.4, -0.2) is 43.3 Å². The number of aromatic nitrogens is 5. The van der Waals surface area contributed by atoms with Crippen molar-refractivity contribution in [2.24, 2.45) is 0 Å². The molecule has 168 valence electrons. The molecule has 9 nitrogen and oxygen atoms in total. The smallest absolute Gasteiger partial charge is 0.247 e. The topological polar surface area (TPSA) is 103 Å². The minimum Gasteiger partial charge on any atom is -0.327 e. The first-order chi connectivity index (χ1) is 16.1. The van der Waals surface area contributed by atoms with Crippen LogP contribution in [0.1, 0.15) is 37.3 Å². The number of anilines is 4. The van der Waals surface area contributed by atoms with Gasteiger partial charge in [-0.15, -0.1) is 5.10 Å². The monoisotopic (exact) mass is 446 g/mol. The molecule has 0 bridgehead atoms. The highest BCUT2D eigenvalue weighted by Gasteiger charge is 2.33. The van der Waals surface area contributed by atoms with Gasteiger partial charge in [-0.25, -0.2) is 8.91 Å². The molecule has 4 heterocycles. The van der Waals surface area contributed by atoms with Gasteiger partial charge in [0.15, 0.2) is 11.6 Å². The summed E-state index contributed by atoms with van der Waals surface area (Å²) in [5.41, 5.74) is 2.51. The van der Waals surface area contributed by atoms with Crippen molar-refractivity contribution in [2.45, 2.75) is 37.6 Å². The minimum atomic E-state index is -0.414. The number of carbonyl (C=O) groups is 1. The van der Waals surface area contributed by atoms with E-state index in [4.69, 9.17) is 4.98 Å². The molecule has 1 saturated heterocycles. The molecule has 1 aliphatic heterocycles. The molecular weight excluding hydrogens is 423 g/mol. The molecule has 4 aromatic rings. The maximum absolute atomic E-state index is 13.2. The van der Waals surface area contributed by atoms with Crippen LogP contribution in [0.4, 0.5) is 27.7 Å². The van der Waals surface area contributed by atoms with E-state index in [1.54, 1.807) is 16.6 Å². The van der Waals surface area contributed by atoms with Gasteiger partial charge in [0.2, 0.25) is 11.9 Å². The number of fused-ring (bicyclic) bond motifs is 1. The predicted molar refractivity (Wildman–Crippen MR) is 122 cm³/mol. The van der Waals surface area contributed by atoms with Crippen LogP contribution in [0.2, 0.25) is 0 Å². The van der Waals surface area contributed by atoms with Crippen molar-refractivity contribution in [1.29, 1.82) is 0 Å². The van der Waals surface area contributed by atoms with Gasteiger partial charge in [0, 0.05) is 36.1 Å². The molecule has 0 radical (unpaired) electrons. The van der Waals surface area contributed by atoms with Crippen LogP contribution in [0.15, 0.2) is 48.7 Å². The summed E-state index contributed by atoms with van der Waals surface area (Å²) in [4.78, 5) is 19.7. The van der Waals surface area contributed by atoms with E-state index < -0.39 is 6.04 Å². The van der Waals surface area contributed by atoms with Gasteiger partial charge in [-0.2, -0.15) is 10.1 Å². The molecule has 1 atom stereocenters. The number of hydrogen-bond donors (Lipinski definition) is 3. The molecule has 10 heteroatoms. The summed E-state index contributed by atoms with van der Waals surface area (Å²) in [7, 11) is 0. The van der Waals surface area contributed by atoms with Crippen LogP contribution in [0.3, 0.4) is 0 Å². The molecule has 2 fully saturated rings. The maximum atomic E-state index is 13.2. The Morgan fingerprint density at radius 2 is 2.00 bits per heavy atom. The van der Waals surface area contributed by atoms with E-state index in [9.17, 15) is 9.18 Å². The fraction of sp³-hybridized carbons (Fsp3) is 0.304. The Balaban J connectivity index is 1.27. The number of nitrogens with one attached hydrogen (secondary N) is 3. The van der Waals surface area contributed by atoms with E-state index in [0.717, 1.165) is 17.6 Å². The molecule has 1 aromatic carbocycles. The SMILES string of the molecule is O=C(Nc1ccc(F)cc1)[C@@H]1CCCN1c1nc(Nc2cc(C3CC3)[nH]n2)c2cccn2n1. The second-order valence-electron chi connectivity index (χ2n) is 8.55. The number of halogens is 1. The molecule has 33 heavy (non-hydrogen) atoms. The van der Waals surface area contributed by atoms with Gasteiger partial charge in [-0.1, -0.05) is 0 Å². The van der Waals surface area contributed by atoms with Gasteiger partial charge in [-0.3, -0.25) is 9.89 Å². The first-order valence-electron chi connectivity index (χ1n) is 11.1. The van der Waals surface area contributed by atoms with E-state index >= 15 is 0 Å². The van der Waals surface area contributed by atoms with Crippen LogP contribution >= 0.6 is 0 Å². The summed E-state index contributed by atoms with van der Waals surface area (Å²) in [6, 6.07) is 11.2. The lowest BCUT2D eigenvalue weighted by Crippen LogP contribution is -2.40. The highest BCUT2D eigenvalue weighted by molar-refractivity contribution is 5.97. The van der Waals surface area contributed by atoms with E-state index in [0.29, 0.717) is 42.2 Å². The summed E-state index contributed by atoms with van der Waals surface area (Å²) >= 11 is 0. The third kappa shape index (κ3) is 3.88. The number of nitrogens with zero attached hydrogens (tertiary/aromatic N) is 5. The zero-order chi connectivity index (χ0) is 22.4. The lowest BCUT2D eigenvalue weighted by atomic mass is 10.2. The molecule has 1 amide bonds. The number of carbonyl (C=O) groups excluding carboxylic acids is 1. The van der Waals surface area contributed by atoms with Gasteiger partial charge in [0.25, 0.3) is 0 Å². The average molecular weight is 446 g/mol. The van der Waals surface area contributed by atoms with Gasteiger partial charge in [-0.05, 0) is 62.1 Å². The van der Waals surface area contributed by atoms with Crippen molar-refractivity contribution < 1.29 is 9.18 Å². The van der Waals surface area contributed by atoms with E-state index in [1.807, 2.05) is 29.3 Å². The lowest BCUT2D eigenvalue weighted by Gasteiger charge is -2.24. The third-order valence-electron chi connectivity index (χ3n) is 6.17. The summed E-state index contributed by atoms with van der Waals surface area (Å²) in [6.07, 6.45) is 5.78. The summed E-state index contributed by atoms with van der Waals surface area (Å²) in [6.45, 7) is 0.669. The Morgan fingerprint density at radius 3 is 2.82 bits per heavy atom. The van der Waals surface area contributed by atoms with Gasteiger partial charge in [0.05, 0.1) is 0 Å². The highest BCUT2D eigenvalue weighted by Crippen LogP contribution is 2.39. The Morgan fingerprint density at radius 1 is 1.15 bits per heavy atom. The zero-order valence-corrected chi connectivity index (χ0v) is 17.8. The molecule has 2 aliphatic rings. The van der Waals surface area contributed by atoms with Crippen molar-refractivity contribution in [3.63, 3.8) is 0 Å². The van der Waals surface area contributed by atoms with Crippen LogP contribution in [0.5, 0.6) is 0 Å². The van der Waals surface area contributed by atoms with E-state index in [1.165, 1.54) is 25.0 Å². The van der Waals surface area contributed by atoms with Crippen molar-refractivity contribution >= 4 is 34.7 Å². The molecule has 1 aliphatic carbocycles. The van der Waals surface area contributed by atoms with E-state index in [2.05, 4.69) is 25.9 Å². The quantitative estimate of drug-likeness (QED) is 0.416. The highest BCUT2D eigenvalue weighted by atomic mass is 19.1. The molecule has 6 rings (SSSR count). The van der Waals surface area contributed by atoms with Crippen LogP contribution in [-0.2, 0) is 4.79 Å². The molecule has 0 spiro atoms. The number of rotatable bonds is 6. The van der Waals surface area contributed by atoms with Crippen LogP contribution < -0.4 is 15.5 Å². The van der Waals surface area contributed by atoms with Gasteiger partial charge < -0.3 is 15.5 Å². The van der Waals surface area contributed by atoms with Crippen LogP contribution in [0, 0.1) is 5.82 Å². The fourth-order valence-corrected chi connectivity index (χ4v) is 4.30. The van der Waals surface area contributed by atoms with E-state index in [-0.39, 0.29) is 11.7 Å². The first-order valence-corrected chi connectivity index (χ1v) is 11.1. The van der Waals surface area contributed by atoms with Crippen molar-refractivity contribution in [3.05, 3.63) is 60.2 Å².